The zero-order valence-corrected chi connectivity index (χ0v) is 19.5. The summed E-state index contributed by atoms with van der Waals surface area (Å²) in [6.45, 7) is 0.264. The summed E-state index contributed by atoms with van der Waals surface area (Å²) >= 11 is 0. The van der Waals surface area contributed by atoms with E-state index >= 15 is 0 Å². The molecule has 0 saturated heterocycles. The Kier molecular flexibility index (Phi) is 5.31. The van der Waals surface area contributed by atoms with Gasteiger partial charge in [0.25, 0.3) is 0 Å². The first-order valence-corrected chi connectivity index (χ1v) is 12.6. The summed E-state index contributed by atoms with van der Waals surface area (Å²) in [6.07, 6.45) is 3.85. The van der Waals surface area contributed by atoms with Gasteiger partial charge in [0.1, 0.15) is 6.61 Å². The average Bonchev–Trinajstić information content (AvgIpc) is 3.17. The third-order valence-electron chi connectivity index (χ3n) is 8.68. The predicted octanol–water partition coefficient (Wildman–Crippen LogP) is 4.06. The Morgan fingerprint density at radius 2 is 1.63 bits per heavy atom. The summed E-state index contributed by atoms with van der Waals surface area (Å²) in [5, 5.41) is 15.4. The highest BCUT2D eigenvalue weighted by atomic mass is 16.5. The van der Waals surface area contributed by atoms with E-state index in [2.05, 4.69) is 34.9 Å². The maximum Gasteiger partial charge on any atom is 0.407 e. The number of nitrogens with one attached hydrogen (secondary N) is 2. The number of ether oxygens (including phenoxy) is 1. The molecule has 5 atom stereocenters. The number of amides is 2. The van der Waals surface area contributed by atoms with Gasteiger partial charge < -0.3 is 20.5 Å². The number of carboxylic acids is 1. The second-order valence-corrected chi connectivity index (χ2v) is 10.6. The van der Waals surface area contributed by atoms with Crippen molar-refractivity contribution in [3.05, 3.63) is 59.7 Å². The maximum atomic E-state index is 13.0. The van der Waals surface area contributed by atoms with Gasteiger partial charge in [-0.15, -0.1) is 0 Å². The van der Waals surface area contributed by atoms with Crippen molar-refractivity contribution in [2.45, 2.75) is 56.5 Å². The fourth-order valence-electron chi connectivity index (χ4n) is 6.83. The Morgan fingerprint density at radius 3 is 2.31 bits per heavy atom. The molecule has 3 fully saturated rings. The fourth-order valence-corrected chi connectivity index (χ4v) is 6.83. The lowest BCUT2D eigenvalue weighted by Crippen LogP contribution is -2.44. The molecule has 0 unspecified atom stereocenters. The minimum atomic E-state index is -0.834. The van der Waals surface area contributed by atoms with Crippen molar-refractivity contribution in [3.63, 3.8) is 0 Å². The van der Waals surface area contributed by atoms with Crippen LogP contribution in [0.25, 0.3) is 11.1 Å². The highest BCUT2D eigenvalue weighted by molar-refractivity contribution is 5.88. The number of aliphatic carboxylic acids is 1. The number of rotatable bonds is 6. The number of benzene rings is 2. The van der Waals surface area contributed by atoms with Crippen molar-refractivity contribution < 1.29 is 24.2 Å². The van der Waals surface area contributed by atoms with Crippen LogP contribution < -0.4 is 10.6 Å². The Morgan fingerprint density at radius 1 is 0.943 bits per heavy atom. The van der Waals surface area contributed by atoms with Crippen LogP contribution in [0.5, 0.6) is 0 Å². The molecule has 0 aromatic heterocycles. The maximum absolute atomic E-state index is 13.0. The highest BCUT2D eigenvalue weighted by Crippen LogP contribution is 2.63. The van der Waals surface area contributed by atoms with E-state index in [9.17, 15) is 19.5 Å². The molecule has 3 N–H and O–H groups in total. The molecule has 0 bridgehead atoms. The third-order valence-corrected chi connectivity index (χ3v) is 8.68. The normalized spacial score (nSPS) is 30.2. The summed E-state index contributed by atoms with van der Waals surface area (Å²) in [5.74, 6) is -1.12. The summed E-state index contributed by atoms with van der Waals surface area (Å²) in [5.41, 5.74) is 4.26. The molecule has 0 radical (unpaired) electrons. The number of alkyl carbamates (subject to hydrolysis) is 1. The Labute approximate surface area is 204 Å². The van der Waals surface area contributed by atoms with E-state index in [1.165, 1.54) is 22.3 Å². The van der Waals surface area contributed by atoms with Crippen molar-refractivity contribution >= 4 is 18.0 Å². The van der Waals surface area contributed by atoms with Crippen LogP contribution in [0.4, 0.5) is 4.79 Å². The van der Waals surface area contributed by atoms with E-state index in [1.807, 2.05) is 24.3 Å². The van der Waals surface area contributed by atoms with Gasteiger partial charge in [0.2, 0.25) is 5.91 Å². The van der Waals surface area contributed by atoms with Crippen LogP contribution in [0.3, 0.4) is 0 Å². The smallest absolute Gasteiger partial charge is 0.407 e. The SMILES string of the molecule is O=C(N[C@@H]1C[C@H]2C[C@@]2(C(=O)N[C@@H]2CCC[C@@H]2C(=O)O)C1)OCC1c2ccccc2-c2ccccc21. The Hall–Kier alpha value is -3.35. The van der Waals surface area contributed by atoms with E-state index < -0.39 is 23.4 Å². The summed E-state index contributed by atoms with van der Waals surface area (Å²) in [7, 11) is 0. The van der Waals surface area contributed by atoms with E-state index in [0.29, 0.717) is 19.3 Å². The average molecular weight is 475 g/mol. The molecule has 7 heteroatoms. The van der Waals surface area contributed by atoms with Gasteiger partial charge >= 0.3 is 12.1 Å². The molecule has 7 nitrogen and oxygen atoms in total. The number of hydrogen-bond acceptors (Lipinski definition) is 4. The quantitative estimate of drug-likeness (QED) is 0.586. The van der Waals surface area contributed by atoms with Gasteiger partial charge in [-0.25, -0.2) is 4.79 Å². The lowest BCUT2D eigenvalue weighted by Gasteiger charge is -2.22. The van der Waals surface area contributed by atoms with Gasteiger partial charge in [-0.05, 0) is 60.3 Å². The molecule has 4 aliphatic carbocycles. The molecule has 2 aromatic rings. The van der Waals surface area contributed by atoms with Crippen molar-refractivity contribution in [1.82, 2.24) is 10.6 Å². The highest BCUT2D eigenvalue weighted by Gasteiger charge is 2.65. The van der Waals surface area contributed by atoms with Crippen LogP contribution in [-0.2, 0) is 14.3 Å². The van der Waals surface area contributed by atoms with Crippen LogP contribution >= 0.6 is 0 Å². The molecule has 2 aromatic carbocycles. The molecule has 2 amide bonds. The molecule has 3 saturated carbocycles. The molecule has 0 aliphatic heterocycles. The van der Waals surface area contributed by atoms with E-state index in [0.717, 1.165) is 19.3 Å². The van der Waals surface area contributed by atoms with Gasteiger partial charge in [0.05, 0.1) is 11.3 Å². The van der Waals surface area contributed by atoms with Crippen LogP contribution in [0.15, 0.2) is 48.5 Å². The molecular formula is C28H30N2O5. The van der Waals surface area contributed by atoms with Crippen molar-refractivity contribution in [3.8, 4) is 11.1 Å². The topological polar surface area (TPSA) is 105 Å². The summed E-state index contributed by atoms with van der Waals surface area (Å²) < 4.78 is 5.68. The molecule has 6 rings (SSSR count). The van der Waals surface area contributed by atoms with Crippen LogP contribution in [0.2, 0.25) is 0 Å². The molecular weight excluding hydrogens is 444 g/mol. The minimum Gasteiger partial charge on any atom is -0.481 e. The number of hydrogen-bond donors (Lipinski definition) is 3. The van der Waals surface area contributed by atoms with E-state index in [4.69, 9.17) is 4.74 Å². The fraction of sp³-hybridized carbons (Fsp3) is 0.464. The molecule has 182 valence electrons. The molecule has 0 spiro atoms. The first-order valence-electron chi connectivity index (χ1n) is 12.6. The second kappa shape index (κ2) is 8.40. The largest absolute Gasteiger partial charge is 0.481 e. The van der Waals surface area contributed by atoms with Gasteiger partial charge in [-0.3, -0.25) is 9.59 Å². The predicted molar refractivity (Wildman–Crippen MR) is 129 cm³/mol. The lowest BCUT2D eigenvalue weighted by atomic mass is 9.98. The zero-order valence-electron chi connectivity index (χ0n) is 19.5. The summed E-state index contributed by atoms with van der Waals surface area (Å²) in [6, 6.07) is 16.1. The second-order valence-electron chi connectivity index (χ2n) is 10.6. The van der Waals surface area contributed by atoms with Crippen molar-refractivity contribution in [2.24, 2.45) is 17.3 Å². The van der Waals surface area contributed by atoms with E-state index in [-0.39, 0.29) is 36.4 Å². The lowest BCUT2D eigenvalue weighted by molar-refractivity contribution is -0.142. The number of fused-ring (bicyclic) bond motifs is 4. The van der Waals surface area contributed by atoms with Crippen LogP contribution in [0, 0.1) is 17.3 Å². The standard InChI is InChI=1S/C28H30N2O5/c31-25(32)22-10-5-11-24(22)30-26(33)28-13-16(28)12-17(14-28)29-27(34)35-15-23-20-8-3-1-6-18(20)19-7-2-4-9-21(19)23/h1-4,6-9,16-17,22-24H,5,10-15H2,(H,29,34)(H,30,33)(H,31,32)/t16-,17+,22-,24+,28+/m0/s1. The van der Waals surface area contributed by atoms with Crippen molar-refractivity contribution in [2.75, 3.05) is 6.61 Å². The molecule has 0 heterocycles. The monoisotopic (exact) mass is 474 g/mol. The van der Waals surface area contributed by atoms with Crippen molar-refractivity contribution in [1.29, 1.82) is 0 Å². The van der Waals surface area contributed by atoms with Crippen LogP contribution in [-0.4, -0.2) is 41.8 Å². The van der Waals surface area contributed by atoms with Gasteiger partial charge in [-0.1, -0.05) is 55.0 Å². The zero-order chi connectivity index (χ0) is 24.2. The number of carbonyl (C=O) groups excluding carboxylic acids is 2. The number of carbonyl (C=O) groups is 3. The molecule has 4 aliphatic rings. The Balaban J connectivity index is 1.04. The third kappa shape index (κ3) is 3.77. The van der Waals surface area contributed by atoms with Gasteiger partial charge in [0, 0.05) is 18.0 Å². The molecule has 35 heavy (non-hydrogen) atoms. The van der Waals surface area contributed by atoms with Crippen LogP contribution in [0.1, 0.15) is 55.6 Å². The van der Waals surface area contributed by atoms with Gasteiger partial charge in [-0.2, -0.15) is 0 Å². The van der Waals surface area contributed by atoms with E-state index in [1.54, 1.807) is 0 Å². The Bertz CT molecular complexity index is 1150. The first kappa shape index (κ1) is 22.1. The van der Waals surface area contributed by atoms with Gasteiger partial charge in [0.15, 0.2) is 0 Å². The minimum absolute atomic E-state index is 0.0100. The first-order chi connectivity index (χ1) is 17.0. The summed E-state index contributed by atoms with van der Waals surface area (Å²) in [4.78, 5) is 37.2. The number of carboxylic acid groups (broad SMARTS) is 1.